The second kappa shape index (κ2) is 17.9. The number of unbranched alkanes of at least 4 members (excludes halogenated alkanes) is 10. The van der Waals surface area contributed by atoms with E-state index in [1.165, 1.54) is 89.2 Å². The lowest BCUT2D eigenvalue weighted by atomic mass is 10.1. The number of carbonyl (C=O) groups excluding carboxylic acids is 1. The van der Waals surface area contributed by atoms with Crippen LogP contribution in [0.15, 0.2) is 0 Å². The van der Waals surface area contributed by atoms with Gasteiger partial charge < -0.3 is 4.74 Å². The van der Waals surface area contributed by atoms with Gasteiger partial charge in [0.25, 0.3) is 0 Å². The Hall–Kier alpha value is -0.180. The summed E-state index contributed by atoms with van der Waals surface area (Å²) in [5.41, 5.74) is 0. The fourth-order valence-electron chi connectivity index (χ4n) is 2.34. The summed E-state index contributed by atoms with van der Waals surface area (Å²) in [6, 6.07) is 0. The van der Waals surface area contributed by atoms with Crippen LogP contribution in [0.4, 0.5) is 0 Å². The number of methoxy groups -OCH3 is 1. The van der Waals surface area contributed by atoms with Crippen molar-refractivity contribution in [1.29, 1.82) is 0 Å². The van der Waals surface area contributed by atoms with E-state index in [0.717, 1.165) is 6.42 Å². The van der Waals surface area contributed by atoms with Crippen LogP contribution in [0.25, 0.3) is 0 Å². The first-order chi connectivity index (χ1) is 10.3. The molecule has 0 aliphatic carbocycles. The molecule has 0 saturated heterocycles. The van der Waals surface area contributed by atoms with Gasteiger partial charge in [0.1, 0.15) is 0 Å². The van der Waals surface area contributed by atoms with Gasteiger partial charge in [-0.25, -0.2) is 0 Å². The van der Waals surface area contributed by atoms with E-state index in [1.54, 1.807) is 0 Å². The van der Waals surface area contributed by atoms with Crippen molar-refractivity contribution in [3.05, 3.63) is 0 Å². The zero-order valence-corrected chi connectivity index (χ0v) is 15.1. The molecule has 0 bridgehead atoms. The first-order valence-corrected chi connectivity index (χ1v) is 10.1. The molecule has 0 heterocycles. The van der Waals surface area contributed by atoms with Crippen molar-refractivity contribution >= 4 is 17.7 Å². The van der Waals surface area contributed by atoms with Gasteiger partial charge in [0, 0.05) is 6.42 Å². The molecule has 21 heavy (non-hydrogen) atoms. The summed E-state index contributed by atoms with van der Waals surface area (Å²) >= 11 is 2.13. The molecule has 0 atom stereocenters. The van der Waals surface area contributed by atoms with Gasteiger partial charge in [-0.05, 0) is 30.8 Å². The molecule has 3 heteroatoms. The van der Waals surface area contributed by atoms with E-state index in [2.05, 4.69) is 23.4 Å². The molecular formula is C18H36O2S. The fraction of sp³-hybridized carbons (Fsp3) is 0.944. The minimum atomic E-state index is -0.0668. The molecule has 0 aromatic rings. The van der Waals surface area contributed by atoms with E-state index in [4.69, 9.17) is 0 Å². The van der Waals surface area contributed by atoms with Crippen LogP contribution in [-0.2, 0) is 9.53 Å². The summed E-state index contributed by atoms with van der Waals surface area (Å²) in [5.74, 6) is 2.65. The second-order valence-electron chi connectivity index (χ2n) is 5.83. The maximum Gasteiger partial charge on any atom is 0.305 e. The third kappa shape index (κ3) is 17.8. The predicted octanol–water partition coefficient (Wildman–Crippen LogP) is 5.98. The van der Waals surface area contributed by atoms with Crippen LogP contribution in [0.1, 0.15) is 90.4 Å². The van der Waals surface area contributed by atoms with Crippen LogP contribution in [0.2, 0.25) is 0 Å². The van der Waals surface area contributed by atoms with Crippen LogP contribution < -0.4 is 0 Å². The minimum absolute atomic E-state index is 0.0668. The zero-order valence-electron chi connectivity index (χ0n) is 14.3. The molecule has 126 valence electrons. The maximum absolute atomic E-state index is 10.9. The van der Waals surface area contributed by atoms with Gasteiger partial charge in [-0.2, -0.15) is 11.8 Å². The molecule has 0 spiro atoms. The molecule has 0 radical (unpaired) electrons. The van der Waals surface area contributed by atoms with Crippen LogP contribution in [0, 0.1) is 0 Å². The third-order valence-electron chi connectivity index (χ3n) is 3.79. The lowest BCUT2D eigenvalue weighted by Gasteiger charge is -2.03. The Morgan fingerprint density at radius 3 is 1.76 bits per heavy atom. The van der Waals surface area contributed by atoms with E-state index in [9.17, 15) is 4.79 Å². The van der Waals surface area contributed by atoms with Crippen molar-refractivity contribution in [2.75, 3.05) is 18.6 Å². The van der Waals surface area contributed by atoms with Gasteiger partial charge in [-0.15, -0.1) is 0 Å². The van der Waals surface area contributed by atoms with Gasteiger partial charge in [-0.1, -0.05) is 64.7 Å². The molecule has 0 rings (SSSR count). The van der Waals surface area contributed by atoms with E-state index in [-0.39, 0.29) is 5.97 Å². The third-order valence-corrected chi connectivity index (χ3v) is 4.94. The topological polar surface area (TPSA) is 26.3 Å². The number of thioether (sulfide) groups is 1. The van der Waals surface area contributed by atoms with Crippen molar-refractivity contribution in [3.8, 4) is 0 Å². The van der Waals surface area contributed by atoms with E-state index >= 15 is 0 Å². The summed E-state index contributed by atoms with van der Waals surface area (Å²) in [7, 11) is 1.46. The summed E-state index contributed by atoms with van der Waals surface area (Å²) < 4.78 is 4.63. The summed E-state index contributed by atoms with van der Waals surface area (Å²) in [6.45, 7) is 2.26. The zero-order chi connectivity index (χ0) is 15.6. The highest BCUT2D eigenvalue weighted by atomic mass is 32.2. The van der Waals surface area contributed by atoms with Gasteiger partial charge in [0.05, 0.1) is 7.11 Å². The molecule has 0 amide bonds. The summed E-state index contributed by atoms with van der Waals surface area (Å²) in [6.07, 6.45) is 16.4. The van der Waals surface area contributed by atoms with Crippen molar-refractivity contribution in [2.24, 2.45) is 0 Å². The highest BCUT2D eigenvalue weighted by Gasteiger charge is 1.99. The van der Waals surface area contributed by atoms with E-state index < -0.39 is 0 Å². The Bertz CT molecular complexity index is 219. The molecular weight excluding hydrogens is 280 g/mol. The highest BCUT2D eigenvalue weighted by Crippen LogP contribution is 2.13. The molecule has 0 aliphatic heterocycles. The summed E-state index contributed by atoms with van der Waals surface area (Å²) in [4.78, 5) is 10.9. The van der Waals surface area contributed by atoms with Gasteiger partial charge in [0.2, 0.25) is 0 Å². The first-order valence-electron chi connectivity index (χ1n) is 8.95. The summed E-state index contributed by atoms with van der Waals surface area (Å²) in [5, 5.41) is 0. The largest absolute Gasteiger partial charge is 0.469 e. The maximum atomic E-state index is 10.9. The SMILES string of the molecule is CCCCSCCCCCCCCCCCCC(=O)OC. The van der Waals surface area contributed by atoms with Crippen LogP contribution >= 0.6 is 11.8 Å². The van der Waals surface area contributed by atoms with Crippen molar-refractivity contribution < 1.29 is 9.53 Å². The monoisotopic (exact) mass is 316 g/mol. The van der Waals surface area contributed by atoms with Gasteiger partial charge in [0.15, 0.2) is 0 Å². The molecule has 0 fully saturated rings. The fourth-order valence-corrected chi connectivity index (χ4v) is 3.44. The lowest BCUT2D eigenvalue weighted by Crippen LogP contribution is -1.99. The minimum Gasteiger partial charge on any atom is -0.469 e. The second-order valence-corrected chi connectivity index (χ2v) is 7.05. The van der Waals surface area contributed by atoms with Gasteiger partial charge >= 0.3 is 5.97 Å². The Balaban J connectivity index is 2.98. The number of esters is 1. The van der Waals surface area contributed by atoms with E-state index in [0.29, 0.717) is 6.42 Å². The Morgan fingerprint density at radius 2 is 1.24 bits per heavy atom. The molecule has 0 aromatic heterocycles. The average molecular weight is 317 g/mol. The molecule has 0 unspecified atom stereocenters. The standard InChI is InChI=1S/C18H36O2S/c1-3-4-16-21-17-14-12-10-8-6-5-7-9-11-13-15-18(19)20-2/h3-17H2,1-2H3. The van der Waals surface area contributed by atoms with Crippen molar-refractivity contribution in [2.45, 2.75) is 90.4 Å². The number of rotatable bonds is 16. The van der Waals surface area contributed by atoms with Crippen molar-refractivity contribution in [1.82, 2.24) is 0 Å². The molecule has 0 aromatic carbocycles. The van der Waals surface area contributed by atoms with Crippen molar-refractivity contribution in [3.63, 3.8) is 0 Å². The molecule has 2 nitrogen and oxygen atoms in total. The predicted molar refractivity (Wildman–Crippen MR) is 95.0 cm³/mol. The molecule has 0 saturated carbocycles. The van der Waals surface area contributed by atoms with Gasteiger partial charge in [-0.3, -0.25) is 4.79 Å². The van der Waals surface area contributed by atoms with Crippen LogP contribution in [0.3, 0.4) is 0 Å². The lowest BCUT2D eigenvalue weighted by molar-refractivity contribution is -0.140. The number of hydrogen-bond acceptors (Lipinski definition) is 3. The number of ether oxygens (including phenoxy) is 1. The first kappa shape index (κ1) is 20.8. The highest BCUT2D eigenvalue weighted by molar-refractivity contribution is 7.99. The van der Waals surface area contributed by atoms with Crippen LogP contribution in [0.5, 0.6) is 0 Å². The molecule has 0 aliphatic rings. The quantitative estimate of drug-likeness (QED) is 0.259. The Morgan fingerprint density at radius 1 is 0.762 bits per heavy atom. The molecule has 0 N–H and O–H groups in total. The number of hydrogen-bond donors (Lipinski definition) is 0. The average Bonchev–Trinajstić information content (AvgIpc) is 2.50. The number of carbonyl (C=O) groups is 1. The normalized spacial score (nSPS) is 10.8. The van der Waals surface area contributed by atoms with Crippen LogP contribution in [-0.4, -0.2) is 24.6 Å². The Labute approximate surface area is 136 Å². The smallest absolute Gasteiger partial charge is 0.305 e. The Kier molecular flexibility index (Phi) is 17.7. The van der Waals surface area contributed by atoms with E-state index in [1.807, 2.05) is 0 Å².